The van der Waals surface area contributed by atoms with Crippen molar-refractivity contribution in [3.05, 3.63) is 12.0 Å². The van der Waals surface area contributed by atoms with Crippen LogP contribution in [0.4, 0.5) is 4.79 Å². The van der Waals surface area contributed by atoms with E-state index in [-0.39, 0.29) is 13.1 Å². The third kappa shape index (κ3) is 7.76. The summed E-state index contributed by atoms with van der Waals surface area (Å²) in [6, 6.07) is 0. The molecule has 6 nitrogen and oxygen atoms in total. The van der Waals surface area contributed by atoms with Gasteiger partial charge in [0.1, 0.15) is 5.60 Å². The van der Waals surface area contributed by atoms with Gasteiger partial charge in [0, 0.05) is 25.5 Å². The van der Waals surface area contributed by atoms with Crippen LogP contribution in [0.15, 0.2) is 12.0 Å². The summed E-state index contributed by atoms with van der Waals surface area (Å²) in [6.45, 7) is 8.79. The molecule has 0 aliphatic heterocycles. The first-order valence-electron chi connectivity index (χ1n) is 5.13. The fourth-order valence-corrected chi connectivity index (χ4v) is 1.34. The Labute approximate surface area is 103 Å². The van der Waals surface area contributed by atoms with Gasteiger partial charge in [-0.25, -0.2) is 17.9 Å². The first kappa shape index (κ1) is 15.9. The van der Waals surface area contributed by atoms with Crippen molar-refractivity contribution in [1.29, 1.82) is 0 Å². The number of nitrogens with zero attached hydrogens (tertiary/aromatic N) is 1. The SMILES string of the molecule is C=CS(=O)(=O)NCCN(C)C(=O)OC(C)(C)C. The highest BCUT2D eigenvalue weighted by Crippen LogP contribution is 2.08. The van der Waals surface area contributed by atoms with Crippen molar-refractivity contribution < 1.29 is 17.9 Å². The lowest BCUT2D eigenvalue weighted by molar-refractivity contribution is 0.0302. The van der Waals surface area contributed by atoms with Crippen LogP contribution in [0.2, 0.25) is 0 Å². The maximum absolute atomic E-state index is 11.5. The molecule has 17 heavy (non-hydrogen) atoms. The number of hydrogen-bond donors (Lipinski definition) is 1. The Morgan fingerprint density at radius 3 is 2.41 bits per heavy atom. The van der Waals surface area contributed by atoms with E-state index in [1.165, 1.54) is 11.9 Å². The molecule has 0 heterocycles. The molecule has 0 unspecified atom stereocenters. The Balaban J connectivity index is 4.07. The second-order valence-electron chi connectivity index (χ2n) is 4.51. The zero-order chi connectivity index (χ0) is 13.7. The molecule has 1 amide bonds. The molecule has 0 spiro atoms. The summed E-state index contributed by atoms with van der Waals surface area (Å²) in [4.78, 5) is 12.8. The lowest BCUT2D eigenvalue weighted by atomic mass is 10.2. The van der Waals surface area contributed by atoms with Gasteiger partial charge in [-0.2, -0.15) is 0 Å². The molecule has 0 aromatic rings. The van der Waals surface area contributed by atoms with Gasteiger partial charge in [0.2, 0.25) is 10.0 Å². The van der Waals surface area contributed by atoms with Crippen molar-refractivity contribution in [2.45, 2.75) is 26.4 Å². The number of nitrogens with one attached hydrogen (secondary N) is 1. The van der Waals surface area contributed by atoms with Crippen LogP contribution in [-0.4, -0.2) is 45.1 Å². The number of rotatable bonds is 5. The summed E-state index contributed by atoms with van der Waals surface area (Å²) in [5, 5.41) is 0.820. The van der Waals surface area contributed by atoms with E-state index in [2.05, 4.69) is 11.3 Å². The van der Waals surface area contributed by atoms with Gasteiger partial charge < -0.3 is 9.64 Å². The fourth-order valence-electron chi connectivity index (χ4n) is 0.846. The zero-order valence-electron chi connectivity index (χ0n) is 10.7. The van der Waals surface area contributed by atoms with Crippen LogP contribution in [0.3, 0.4) is 0 Å². The van der Waals surface area contributed by atoms with Gasteiger partial charge in [-0.3, -0.25) is 0 Å². The van der Waals surface area contributed by atoms with Crippen LogP contribution in [0, 0.1) is 0 Å². The Morgan fingerprint density at radius 1 is 1.47 bits per heavy atom. The summed E-state index contributed by atoms with van der Waals surface area (Å²) in [6.07, 6.45) is -0.490. The number of sulfonamides is 1. The van der Waals surface area contributed by atoms with Gasteiger partial charge in [-0.05, 0) is 20.8 Å². The molecule has 0 aromatic heterocycles. The highest BCUT2D eigenvalue weighted by atomic mass is 32.2. The van der Waals surface area contributed by atoms with E-state index in [9.17, 15) is 13.2 Å². The standard InChI is InChI=1S/C10H20N2O4S/c1-6-17(14,15)11-7-8-12(5)9(13)16-10(2,3)4/h6,11H,1,7-8H2,2-5H3. The van der Waals surface area contributed by atoms with Gasteiger partial charge >= 0.3 is 6.09 Å². The summed E-state index contributed by atoms with van der Waals surface area (Å²) in [5.74, 6) is 0. The van der Waals surface area contributed by atoms with E-state index in [0.29, 0.717) is 0 Å². The van der Waals surface area contributed by atoms with Crippen LogP contribution in [0.5, 0.6) is 0 Å². The molecule has 0 saturated heterocycles. The van der Waals surface area contributed by atoms with Crippen molar-refractivity contribution in [2.24, 2.45) is 0 Å². The van der Waals surface area contributed by atoms with Crippen molar-refractivity contribution in [3.63, 3.8) is 0 Å². The predicted molar refractivity (Wildman–Crippen MR) is 66.0 cm³/mol. The molecule has 0 rings (SSSR count). The molecule has 0 atom stereocenters. The Hall–Kier alpha value is -1.08. The normalized spacial score (nSPS) is 12.0. The average Bonchev–Trinajstić information content (AvgIpc) is 2.14. The van der Waals surface area contributed by atoms with E-state index in [0.717, 1.165) is 5.41 Å². The van der Waals surface area contributed by atoms with Gasteiger partial charge in [-0.15, -0.1) is 0 Å². The molecule has 7 heteroatoms. The molecular formula is C10H20N2O4S. The molecule has 1 N–H and O–H groups in total. The molecular weight excluding hydrogens is 244 g/mol. The monoisotopic (exact) mass is 264 g/mol. The molecule has 0 aliphatic carbocycles. The number of amides is 1. The van der Waals surface area contributed by atoms with Gasteiger partial charge in [0.05, 0.1) is 0 Å². The lowest BCUT2D eigenvalue weighted by Crippen LogP contribution is -2.38. The van der Waals surface area contributed by atoms with Crippen LogP contribution in [0.25, 0.3) is 0 Å². The van der Waals surface area contributed by atoms with Crippen LogP contribution in [-0.2, 0) is 14.8 Å². The Kier molecular flexibility index (Phi) is 5.63. The van der Waals surface area contributed by atoms with E-state index in [4.69, 9.17) is 4.74 Å². The van der Waals surface area contributed by atoms with Crippen molar-refractivity contribution in [1.82, 2.24) is 9.62 Å². The highest BCUT2D eigenvalue weighted by Gasteiger charge is 2.19. The average molecular weight is 264 g/mol. The van der Waals surface area contributed by atoms with Crippen LogP contribution in [0.1, 0.15) is 20.8 Å². The summed E-state index contributed by atoms with van der Waals surface area (Å²) < 4.78 is 29.4. The highest BCUT2D eigenvalue weighted by molar-refractivity contribution is 7.92. The summed E-state index contributed by atoms with van der Waals surface area (Å²) in [7, 11) is -1.90. The van der Waals surface area contributed by atoms with E-state index in [1.54, 1.807) is 20.8 Å². The second-order valence-corrected chi connectivity index (χ2v) is 6.22. The minimum absolute atomic E-state index is 0.115. The molecule has 0 aromatic carbocycles. The van der Waals surface area contributed by atoms with Crippen molar-refractivity contribution in [3.8, 4) is 0 Å². The number of hydrogen-bond acceptors (Lipinski definition) is 4. The number of ether oxygens (including phenoxy) is 1. The predicted octanol–water partition coefficient (Wildman–Crippen LogP) is 0.916. The van der Waals surface area contributed by atoms with E-state index in [1.807, 2.05) is 0 Å². The van der Waals surface area contributed by atoms with Gasteiger partial charge in [0.25, 0.3) is 0 Å². The number of likely N-dealkylation sites (N-methyl/N-ethyl adjacent to an activating group) is 1. The molecule has 0 aliphatic rings. The smallest absolute Gasteiger partial charge is 0.410 e. The Bertz CT molecular complexity index is 370. The third-order valence-electron chi connectivity index (χ3n) is 1.68. The van der Waals surface area contributed by atoms with Crippen LogP contribution < -0.4 is 4.72 Å². The van der Waals surface area contributed by atoms with E-state index < -0.39 is 21.7 Å². The van der Waals surface area contributed by atoms with Gasteiger partial charge in [0.15, 0.2) is 0 Å². The maximum atomic E-state index is 11.5. The minimum atomic E-state index is -3.44. The van der Waals surface area contributed by atoms with Gasteiger partial charge in [-0.1, -0.05) is 6.58 Å². The topological polar surface area (TPSA) is 75.7 Å². The van der Waals surface area contributed by atoms with Crippen LogP contribution >= 0.6 is 0 Å². The Morgan fingerprint density at radius 2 is 2.00 bits per heavy atom. The minimum Gasteiger partial charge on any atom is -0.444 e. The quantitative estimate of drug-likeness (QED) is 0.801. The first-order chi connectivity index (χ1) is 7.57. The van der Waals surface area contributed by atoms with E-state index >= 15 is 0 Å². The lowest BCUT2D eigenvalue weighted by Gasteiger charge is -2.24. The zero-order valence-corrected chi connectivity index (χ0v) is 11.5. The molecule has 0 bridgehead atoms. The first-order valence-corrected chi connectivity index (χ1v) is 6.68. The molecule has 0 radical (unpaired) electrons. The third-order valence-corrected chi connectivity index (χ3v) is 2.72. The van der Waals surface area contributed by atoms with Crippen molar-refractivity contribution >= 4 is 16.1 Å². The summed E-state index contributed by atoms with van der Waals surface area (Å²) >= 11 is 0. The molecule has 0 saturated carbocycles. The number of carbonyl (C=O) groups is 1. The summed E-state index contributed by atoms with van der Waals surface area (Å²) in [5.41, 5.74) is -0.564. The largest absolute Gasteiger partial charge is 0.444 e. The molecule has 0 fully saturated rings. The maximum Gasteiger partial charge on any atom is 0.410 e. The fraction of sp³-hybridized carbons (Fsp3) is 0.700. The molecule has 100 valence electrons. The second kappa shape index (κ2) is 6.02. The van der Waals surface area contributed by atoms with Crippen molar-refractivity contribution in [2.75, 3.05) is 20.1 Å². The number of carbonyl (C=O) groups excluding carboxylic acids is 1.